The number of nitrogens with zero attached hydrogens (tertiary/aromatic N) is 5. The lowest BCUT2D eigenvalue weighted by Crippen LogP contribution is -2.46. The molecule has 6 rings (SSSR count). The Labute approximate surface area is 265 Å². The van der Waals surface area contributed by atoms with Gasteiger partial charge in [-0.2, -0.15) is 18.2 Å². The van der Waals surface area contributed by atoms with E-state index in [0.29, 0.717) is 43.8 Å². The Balaban J connectivity index is 1.10. The van der Waals surface area contributed by atoms with Gasteiger partial charge in [-0.1, -0.05) is 18.6 Å². The molecule has 3 saturated heterocycles. The number of alkyl halides is 3. The summed E-state index contributed by atoms with van der Waals surface area (Å²) in [5.41, 5.74) is 2.56. The molecule has 1 aromatic heterocycles. The van der Waals surface area contributed by atoms with Gasteiger partial charge in [-0.15, -0.1) is 0 Å². The minimum absolute atomic E-state index is 0.132. The predicted octanol–water partition coefficient (Wildman–Crippen LogP) is 6.59. The van der Waals surface area contributed by atoms with Crippen LogP contribution >= 0.6 is 0 Å². The van der Waals surface area contributed by atoms with Crippen molar-refractivity contribution in [3.05, 3.63) is 41.1 Å². The molecule has 0 bridgehead atoms. The van der Waals surface area contributed by atoms with Crippen molar-refractivity contribution >= 4 is 23.4 Å². The molecule has 4 heterocycles. The topological polar surface area (TPSA) is 76.6 Å². The Kier molecular flexibility index (Phi) is 10.1. The van der Waals surface area contributed by atoms with Crippen molar-refractivity contribution in [3.63, 3.8) is 0 Å². The summed E-state index contributed by atoms with van der Waals surface area (Å²) >= 11 is 0. The monoisotopic (exact) mass is 627 g/mol. The third kappa shape index (κ3) is 8.27. The molecule has 1 aliphatic carbocycles. The molecule has 8 nitrogen and oxygen atoms in total. The van der Waals surface area contributed by atoms with E-state index >= 15 is 0 Å². The molecule has 0 atom stereocenters. The van der Waals surface area contributed by atoms with Crippen LogP contribution in [0.5, 0.6) is 0 Å². The van der Waals surface area contributed by atoms with Crippen molar-refractivity contribution in [3.8, 4) is 0 Å². The molecule has 2 N–H and O–H groups in total. The average molecular weight is 628 g/mol. The van der Waals surface area contributed by atoms with Gasteiger partial charge in [0, 0.05) is 44.0 Å². The van der Waals surface area contributed by atoms with Crippen LogP contribution in [0.15, 0.2) is 24.4 Å². The summed E-state index contributed by atoms with van der Waals surface area (Å²) < 4.78 is 41.6. The smallest absolute Gasteiger partial charge is 0.369 e. The first kappa shape index (κ1) is 32.0. The van der Waals surface area contributed by atoms with Crippen LogP contribution in [0.1, 0.15) is 99.2 Å². The van der Waals surface area contributed by atoms with Crippen molar-refractivity contribution in [2.24, 2.45) is 0 Å². The highest BCUT2D eigenvalue weighted by Gasteiger charge is 2.36. The van der Waals surface area contributed by atoms with Gasteiger partial charge in [-0.05, 0) is 120 Å². The summed E-state index contributed by atoms with van der Waals surface area (Å²) in [4.78, 5) is 27.6. The number of hydrogen-bond acceptors (Lipinski definition) is 7. The van der Waals surface area contributed by atoms with Crippen molar-refractivity contribution in [2.45, 2.75) is 94.7 Å². The minimum atomic E-state index is -4.58. The summed E-state index contributed by atoms with van der Waals surface area (Å²) in [6.07, 6.45) is 7.36. The van der Waals surface area contributed by atoms with Crippen molar-refractivity contribution in [2.75, 3.05) is 63.5 Å². The maximum atomic E-state index is 13.9. The van der Waals surface area contributed by atoms with E-state index in [2.05, 4.69) is 55.6 Å². The first-order chi connectivity index (χ1) is 21.7. The number of hydrogen-bond donors (Lipinski definition) is 2. The van der Waals surface area contributed by atoms with Gasteiger partial charge in [0.25, 0.3) is 0 Å². The van der Waals surface area contributed by atoms with Gasteiger partial charge < -0.3 is 25.3 Å². The maximum Gasteiger partial charge on any atom is 0.421 e. The number of halogens is 3. The van der Waals surface area contributed by atoms with Crippen LogP contribution in [0.4, 0.5) is 30.6 Å². The Bertz CT molecular complexity index is 1300. The highest BCUT2D eigenvalue weighted by Crippen LogP contribution is 2.46. The summed E-state index contributed by atoms with van der Waals surface area (Å²) in [5.74, 6) is 1.03. The van der Waals surface area contributed by atoms with Crippen LogP contribution in [0.2, 0.25) is 0 Å². The SMILES string of the molecule is CN1CCC(N2CCC(c3ccc(Nc4ncc(C(F)(F)F)c(NCCCN5CCCCCC5=O)n4)c(C4CC4)c3)CC2)CC1. The number of aromatic nitrogens is 2. The van der Waals surface area contributed by atoms with Gasteiger partial charge in [0.1, 0.15) is 11.4 Å². The predicted molar refractivity (Wildman–Crippen MR) is 171 cm³/mol. The van der Waals surface area contributed by atoms with Crippen molar-refractivity contribution in [1.82, 2.24) is 24.7 Å². The lowest BCUT2D eigenvalue weighted by molar-refractivity contribution is -0.137. The van der Waals surface area contributed by atoms with Crippen molar-refractivity contribution in [1.29, 1.82) is 0 Å². The Morgan fingerprint density at radius 1 is 0.933 bits per heavy atom. The Morgan fingerprint density at radius 2 is 1.71 bits per heavy atom. The zero-order valence-corrected chi connectivity index (χ0v) is 26.5. The van der Waals surface area contributed by atoms with E-state index in [1.165, 1.54) is 37.1 Å². The molecule has 1 saturated carbocycles. The summed E-state index contributed by atoms with van der Waals surface area (Å²) in [6, 6.07) is 7.28. The van der Waals surface area contributed by atoms with Crippen molar-refractivity contribution < 1.29 is 18.0 Å². The number of benzene rings is 1. The molecule has 4 aliphatic rings. The number of nitrogens with one attached hydrogen (secondary N) is 2. The molecule has 3 aliphatic heterocycles. The Morgan fingerprint density at radius 3 is 2.44 bits per heavy atom. The molecule has 0 spiro atoms. The zero-order valence-electron chi connectivity index (χ0n) is 26.5. The van der Waals surface area contributed by atoms with Crippen LogP contribution in [0.3, 0.4) is 0 Å². The van der Waals surface area contributed by atoms with Gasteiger partial charge in [0.05, 0.1) is 0 Å². The Hall–Kier alpha value is -2.92. The second-order valence-corrected chi connectivity index (χ2v) is 13.5. The molecule has 0 radical (unpaired) electrons. The molecular weight excluding hydrogens is 579 g/mol. The van der Waals surface area contributed by atoms with E-state index in [9.17, 15) is 18.0 Å². The number of likely N-dealkylation sites (tertiary alicyclic amines) is 3. The maximum absolute atomic E-state index is 13.9. The van der Waals surface area contributed by atoms with Crippen LogP contribution in [0, 0.1) is 0 Å². The molecule has 4 fully saturated rings. The largest absolute Gasteiger partial charge is 0.421 e. The third-order valence-electron chi connectivity index (χ3n) is 10.2. The number of anilines is 3. The fraction of sp³-hybridized carbons (Fsp3) is 0.676. The number of carbonyl (C=O) groups excluding carboxylic acids is 1. The fourth-order valence-electron chi connectivity index (χ4n) is 7.30. The first-order valence-corrected chi connectivity index (χ1v) is 17.0. The average Bonchev–Trinajstić information content (AvgIpc) is 3.89. The summed E-state index contributed by atoms with van der Waals surface area (Å²) in [7, 11) is 2.21. The van der Waals surface area contributed by atoms with Crippen LogP contribution < -0.4 is 10.6 Å². The molecule has 1 aromatic carbocycles. The number of amides is 1. The van der Waals surface area contributed by atoms with E-state index in [4.69, 9.17) is 0 Å². The molecule has 0 unspecified atom stereocenters. The van der Waals surface area contributed by atoms with Gasteiger partial charge >= 0.3 is 6.18 Å². The number of piperidine rings is 2. The third-order valence-corrected chi connectivity index (χ3v) is 10.2. The van der Waals surface area contributed by atoms with Crippen LogP contribution in [-0.2, 0) is 11.0 Å². The second kappa shape index (κ2) is 14.2. The van der Waals surface area contributed by atoms with E-state index < -0.39 is 11.7 Å². The van der Waals surface area contributed by atoms with E-state index in [1.54, 1.807) is 0 Å². The molecule has 2 aromatic rings. The molecule has 1 amide bonds. The zero-order chi connectivity index (χ0) is 31.4. The quantitative estimate of drug-likeness (QED) is 0.288. The highest BCUT2D eigenvalue weighted by atomic mass is 19.4. The summed E-state index contributed by atoms with van der Waals surface area (Å²) in [6.45, 7) is 6.17. The van der Waals surface area contributed by atoms with Crippen LogP contribution in [-0.4, -0.2) is 89.5 Å². The number of carbonyl (C=O) groups is 1. The highest BCUT2D eigenvalue weighted by molar-refractivity contribution is 5.76. The van der Waals surface area contributed by atoms with Crippen LogP contribution in [0.25, 0.3) is 0 Å². The van der Waals surface area contributed by atoms with Gasteiger partial charge in [0.15, 0.2) is 0 Å². The van der Waals surface area contributed by atoms with Gasteiger partial charge in [0.2, 0.25) is 11.9 Å². The molecule has 45 heavy (non-hydrogen) atoms. The normalized spacial score (nSPS) is 21.6. The standard InChI is InChI=1S/C34H48F3N7O/c1-42-18-13-27(14-19-42)43-20-11-24(12-21-43)26-9-10-30(28(22-26)25-7-8-25)40-33-39-23-29(34(35,36)37)32(41-33)38-15-5-17-44-16-4-2-3-6-31(44)45/h9-10,22-25,27H,2-8,11-21H2,1H3,(H2,38,39,40,41). The van der Waals surface area contributed by atoms with Gasteiger partial charge in [-0.3, -0.25) is 4.79 Å². The fourth-order valence-corrected chi connectivity index (χ4v) is 7.30. The van der Waals surface area contributed by atoms with E-state index in [0.717, 1.165) is 69.9 Å². The number of rotatable bonds is 10. The van der Waals surface area contributed by atoms with E-state index in [-0.39, 0.29) is 24.2 Å². The molecular formula is C34H48F3N7O. The molecule has 246 valence electrons. The second-order valence-electron chi connectivity index (χ2n) is 13.5. The minimum Gasteiger partial charge on any atom is -0.369 e. The first-order valence-electron chi connectivity index (χ1n) is 17.0. The van der Waals surface area contributed by atoms with E-state index in [1.807, 2.05) is 4.90 Å². The lowest BCUT2D eigenvalue weighted by atomic mass is 9.86. The van der Waals surface area contributed by atoms with Gasteiger partial charge in [-0.25, -0.2) is 4.98 Å². The summed E-state index contributed by atoms with van der Waals surface area (Å²) in [5, 5.41) is 6.15. The molecule has 11 heteroatoms. The lowest BCUT2D eigenvalue weighted by Gasteiger charge is -2.41.